The molecule has 0 saturated carbocycles. The van der Waals surface area contributed by atoms with Crippen LogP contribution in [-0.2, 0) is 0 Å². The van der Waals surface area contributed by atoms with Crippen molar-refractivity contribution < 1.29 is 0 Å². The lowest BCUT2D eigenvalue weighted by Crippen LogP contribution is -2.13. The van der Waals surface area contributed by atoms with E-state index in [2.05, 4.69) is 44.8 Å². The predicted octanol–water partition coefficient (Wildman–Crippen LogP) is 4.32. The second kappa shape index (κ2) is 6.39. The maximum Gasteiger partial charge on any atom is 0.0527 e. The van der Waals surface area contributed by atoms with Crippen LogP contribution in [0, 0.1) is 0 Å². The Kier molecular flexibility index (Phi) is 5.92. The van der Waals surface area contributed by atoms with Crippen LogP contribution in [0.4, 0.5) is 0 Å². The largest absolute Gasteiger partial charge is 0.284 e. The summed E-state index contributed by atoms with van der Waals surface area (Å²) in [5.74, 6) is 0. The lowest BCUT2D eigenvalue weighted by atomic mass is 10.1. The van der Waals surface area contributed by atoms with Gasteiger partial charge in [-0.2, -0.15) is 0 Å². The topological polar surface area (TPSA) is 12.4 Å². The molecule has 84 valence electrons. The zero-order valence-electron chi connectivity index (χ0n) is 10.8. The molecule has 0 aliphatic heterocycles. The molecule has 1 rings (SSSR count). The molecule has 0 heterocycles. The lowest BCUT2D eigenvalue weighted by Gasteiger charge is -2.13. The summed E-state index contributed by atoms with van der Waals surface area (Å²) in [6.07, 6.45) is 0. The van der Waals surface area contributed by atoms with E-state index in [1.54, 1.807) is 0 Å². The third-order valence-corrected chi connectivity index (χ3v) is 1.69. The standard InChI is InChI=1S/C12H17N.C2H6/c1-10(13-12(2,3)4)11-8-6-5-7-9-11;1-2/h5-9H,1-4H3;1-2H3. The van der Waals surface area contributed by atoms with Crippen molar-refractivity contribution in [1.29, 1.82) is 0 Å². The van der Waals surface area contributed by atoms with Crippen molar-refractivity contribution in [3.8, 4) is 0 Å². The van der Waals surface area contributed by atoms with Gasteiger partial charge < -0.3 is 0 Å². The average molecular weight is 205 g/mol. The molecule has 0 aliphatic rings. The predicted molar refractivity (Wildman–Crippen MR) is 69.8 cm³/mol. The summed E-state index contributed by atoms with van der Waals surface area (Å²) in [7, 11) is 0. The Bertz CT molecular complexity index is 291. The Hall–Kier alpha value is -1.11. The first-order chi connectivity index (χ1) is 6.99. The first kappa shape index (κ1) is 13.9. The highest BCUT2D eigenvalue weighted by Crippen LogP contribution is 2.10. The molecule has 0 saturated heterocycles. The Morgan fingerprint density at radius 3 is 1.87 bits per heavy atom. The summed E-state index contributed by atoms with van der Waals surface area (Å²) in [6.45, 7) is 12.4. The highest BCUT2D eigenvalue weighted by atomic mass is 14.8. The SMILES string of the molecule is CC.CC(=NC(C)(C)C)c1ccccc1. The van der Waals surface area contributed by atoms with Gasteiger partial charge in [-0.15, -0.1) is 0 Å². The van der Waals surface area contributed by atoms with E-state index in [1.807, 2.05) is 32.0 Å². The first-order valence-corrected chi connectivity index (χ1v) is 5.61. The van der Waals surface area contributed by atoms with Crippen LogP contribution in [-0.4, -0.2) is 11.3 Å². The number of hydrogen-bond donors (Lipinski definition) is 0. The van der Waals surface area contributed by atoms with Crippen molar-refractivity contribution in [2.75, 3.05) is 0 Å². The summed E-state index contributed by atoms with van der Waals surface area (Å²) < 4.78 is 0. The quantitative estimate of drug-likeness (QED) is 0.605. The van der Waals surface area contributed by atoms with Gasteiger partial charge in [-0.1, -0.05) is 44.2 Å². The second-order valence-electron chi connectivity index (χ2n) is 4.23. The maximum atomic E-state index is 4.60. The third-order valence-electron chi connectivity index (χ3n) is 1.69. The van der Waals surface area contributed by atoms with Gasteiger partial charge >= 0.3 is 0 Å². The van der Waals surface area contributed by atoms with Gasteiger partial charge in [0, 0.05) is 5.71 Å². The van der Waals surface area contributed by atoms with Crippen LogP contribution in [0.15, 0.2) is 35.3 Å². The lowest BCUT2D eigenvalue weighted by molar-refractivity contribution is 0.584. The van der Waals surface area contributed by atoms with Crippen molar-refractivity contribution >= 4 is 5.71 Å². The summed E-state index contributed by atoms with van der Waals surface area (Å²) in [5, 5.41) is 0. The number of rotatable bonds is 1. The zero-order valence-corrected chi connectivity index (χ0v) is 10.8. The molecule has 0 N–H and O–H groups in total. The Labute approximate surface area is 94.3 Å². The normalized spacial score (nSPS) is 11.7. The first-order valence-electron chi connectivity index (χ1n) is 5.61. The Morgan fingerprint density at radius 2 is 1.47 bits per heavy atom. The van der Waals surface area contributed by atoms with Crippen LogP contribution in [0.3, 0.4) is 0 Å². The minimum Gasteiger partial charge on any atom is -0.284 e. The summed E-state index contributed by atoms with van der Waals surface area (Å²) in [5.41, 5.74) is 2.32. The van der Waals surface area contributed by atoms with E-state index >= 15 is 0 Å². The number of benzene rings is 1. The van der Waals surface area contributed by atoms with Gasteiger partial charge in [-0.3, -0.25) is 4.99 Å². The second-order valence-corrected chi connectivity index (χ2v) is 4.23. The highest BCUT2D eigenvalue weighted by molar-refractivity contribution is 5.98. The highest BCUT2D eigenvalue weighted by Gasteiger charge is 2.07. The minimum absolute atomic E-state index is 0.0138. The molecule has 1 aromatic rings. The van der Waals surface area contributed by atoms with E-state index < -0.39 is 0 Å². The van der Waals surface area contributed by atoms with Gasteiger partial charge in [0.2, 0.25) is 0 Å². The molecule has 15 heavy (non-hydrogen) atoms. The molecule has 0 fully saturated rings. The Morgan fingerprint density at radius 1 is 1.00 bits per heavy atom. The third kappa shape index (κ3) is 6.05. The van der Waals surface area contributed by atoms with Crippen LogP contribution in [0.5, 0.6) is 0 Å². The van der Waals surface area contributed by atoms with Crippen LogP contribution < -0.4 is 0 Å². The molecule has 1 heteroatoms. The molecule has 0 amide bonds. The fraction of sp³-hybridized carbons (Fsp3) is 0.500. The minimum atomic E-state index is 0.0138. The molecule has 0 aliphatic carbocycles. The van der Waals surface area contributed by atoms with Crippen LogP contribution in [0.1, 0.15) is 47.1 Å². The molecule has 0 unspecified atom stereocenters. The van der Waals surface area contributed by atoms with E-state index in [0.29, 0.717) is 0 Å². The van der Waals surface area contributed by atoms with Crippen molar-refractivity contribution in [2.24, 2.45) is 4.99 Å². The van der Waals surface area contributed by atoms with E-state index in [-0.39, 0.29) is 5.54 Å². The molecule has 0 aromatic heterocycles. The van der Waals surface area contributed by atoms with Crippen molar-refractivity contribution in [2.45, 2.75) is 47.1 Å². The molecule has 0 radical (unpaired) electrons. The molecular formula is C14H23N. The number of aliphatic imine (C=N–C) groups is 1. The molecule has 0 spiro atoms. The monoisotopic (exact) mass is 205 g/mol. The van der Waals surface area contributed by atoms with Gasteiger partial charge in [0.05, 0.1) is 5.54 Å². The van der Waals surface area contributed by atoms with E-state index in [0.717, 1.165) is 5.71 Å². The van der Waals surface area contributed by atoms with E-state index in [1.165, 1.54) is 5.56 Å². The molecular weight excluding hydrogens is 182 g/mol. The fourth-order valence-corrected chi connectivity index (χ4v) is 1.25. The van der Waals surface area contributed by atoms with E-state index in [9.17, 15) is 0 Å². The summed E-state index contributed by atoms with van der Waals surface area (Å²) in [4.78, 5) is 4.60. The number of hydrogen-bond acceptors (Lipinski definition) is 1. The molecule has 1 nitrogen and oxygen atoms in total. The van der Waals surface area contributed by atoms with Gasteiger partial charge in [-0.25, -0.2) is 0 Å². The molecule has 1 aromatic carbocycles. The molecule has 0 atom stereocenters. The van der Waals surface area contributed by atoms with Crippen molar-refractivity contribution in [3.63, 3.8) is 0 Å². The smallest absolute Gasteiger partial charge is 0.0527 e. The fourth-order valence-electron chi connectivity index (χ4n) is 1.25. The summed E-state index contributed by atoms with van der Waals surface area (Å²) in [6, 6.07) is 10.3. The van der Waals surface area contributed by atoms with Crippen LogP contribution >= 0.6 is 0 Å². The average Bonchev–Trinajstić information content (AvgIpc) is 2.20. The van der Waals surface area contributed by atoms with Crippen molar-refractivity contribution in [1.82, 2.24) is 0 Å². The van der Waals surface area contributed by atoms with Gasteiger partial charge in [0.1, 0.15) is 0 Å². The maximum absolute atomic E-state index is 4.60. The van der Waals surface area contributed by atoms with Crippen LogP contribution in [0.2, 0.25) is 0 Å². The van der Waals surface area contributed by atoms with Gasteiger partial charge in [0.25, 0.3) is 0 Å². The Balaban J connectivity index is 0.000000921. The van der Waals surface area contributed by atoms with Crippen molar-refractivity contribution in [3.05, 3.63) is 35.9 Å². The zero-order chi connectivity index (χ0) is 11.9. The van der Waals surface area contributed by atoms with Gasteiger partial charge in [0.15, 0.2) is 0 Å². The van der Waals surface area contributed by atoms with Gasteiger partial charge in [-0.05, 0) is 33.3 Å². The summed E-state index contributed by atoms with van der Waals surface area (Å²) >= 11 is 0. The van der Waals surface area contributed by atoms with Crippen LogP contribution in [0.25, 0.3) is 0 Å². The molecule has 0 bridgehead atoms. The number of nitrogens with zero attached hydrogens (tertiary/aromatic N) is 1. The van der Waals surface area contributed by atoms with E-state index in [4.69, 9.17) is 0 Å².